The van der Waals surface area contributed by atoms with Crippen molar-refractivity contribution in [2.45, 2.75) is 85.3 Å². The Morgan fingerprint density at radius 1 is 0.705 bits per heavy atom. The average Bonchev–Trinajstić information content (AvgIpc) is 3.87. The summed E-state index contributed by atoms with van der Waals surface area (Å²) in [5.74, 6) is 1.61. The van der Waals surface area contributed by atoms with Crippen LogP contribution in [0, 0.1) is 11.8 Å². The zero-order chi connectivity index (χ0) is 28.5. The van der Waals surface area contributed by atoms with Crippen LogP contribution in [0.2, 0.25) is 7.25 Å². The van der Waals surface area contributed by atoms with Gasteiger partial charge in [-0.15, -0.1) is 24.8 Å². The molecule has 44 heavy (non-hydrogen) atoms. The molecule has 3 heteroatoms. The van der Waals surface area contributed by atoms with Crippen molar-refractivity contribution in [3.63, 3.8) is 0 Å². The van der Waals surface area contributed by atoms with E-state index in [0.29, 0.717) is 7.25 Å². The van der Waals surface area contributed by atoms with Crippen LogP contribution in [0.3, 0.4) is 0 Å². The van der Waals surface area contributed by atoms with Crippen molar-refractivity contribution in [1.29, 1.82) is 0 Å². The Hall–Kier alpha value is -1.79. The van der Waals surface area contributed by atoms with Gasteiger partial charge >= 0.3 is 255 Å². The van der Waals surface area contributed by atoms with E-state index in [9.17, 15) is 0 Å². The number of rotatable bonds is 6. The Labute approximate surface area is 277 Å². The first-order valence-electron chi connectivity index (χ1n) is 17.0. The van der Waals surface area contributed by atoms with Crippen molar-refractivity contribution >= 4 is 53.8 Å². The average molecular weight is 703 g/mol. The zero-order valence-electron chi connectivity index (χ0n) is 26.5. The Bertz CT molecular complexity index is 1820. The Morgan fingerprint density at radius 3 is 1.93 bits per heavy atom. The summed E-state index contributed by atoms with van der Waals surface area (Å²) in [7, 11) is 0. The van der Waals surface area contributed by atoms with Crippen LogP contribution in [-0.2, 0) is 24.7 Å². The molecule has 4 aromatic carbocycles. The molecule has 0 spiro atoms. The summed E-state index contributed by atoms with van der Waals surface area (Å²) in [5.41, 5.74) is 6.04. The first-order chi connectivity index (χ1) is 20.5. The normalized spacial score (nSPS) is 19.8. The molecule has 0 nitrogen and oxygen atoms in total. The summed E-state index contributed by atoms with van der Waals surface area (Å²) in [6, 6.07) is 26.0. The maximum absolute atomic E-state index is 5.95. The number of hydrogen-bond donors (Lipinski definition) is 0. The van der Waals surface area contributed by atoms with Crippen molar-refractivity contribution in [3.05, 3.63) is 99.4 Å². The molecule has 2 saturated carbocycles. The Morgan fingerprint density at radius 2 is 1.30 bits per heavy atom. The van der Waals surface area contributed by atoms with Gasteiger partial charge in [0.05, 0.1) is 0 Å². The Kier molecular flexibility index (Phi) is 8.85. The van der Waals surface area contributed by atoms with Gasteiger partial charge in [-0.25, -0.2) is 0 Å². The SMILES string of the molecule is Cl.Cl.[CH2]=[Zr]([C]1=CC=CC1)([c]1cccc2c1c1c(c3ccccc32)-c2ccccc2C1)([CH](C)C1CCCC1)[CH](C)C1CCCC1. The van der Waals surface area contributed by atoms with Crippen LogP contribution in [0.4, 0.5) is 0 Å². The first-order valence-corrected chi connectivity index (χ1v) is 24.0. The van der Waals surface area contributed by atoms with Gasteiger partial charge < -0.3 is 0 Å². The molecule has 2 fully saturated rings. The van der Waals surface area contributed by atoms with Crippen LogP contribution in [0.25, 0.3) is 32.7 Å². The van der Waals surface area contributed by atoms with E-state index in [1.807, 2.05) is 0 Å². The van der Waals surface area contributed by atoms with E-state index in [1.165, 1.54) is 84.2 Å². The molecular weight excluding hydrogens is 655 g/mol. The van der Waals surface area contributed by atoms with E-state index in [1.54, 1.807) is 17.5 Å². The monoisotopic (exact) mass is 700 g/mol. The number of halogens is 2. The molecule has 0 amide bonds. The van der Waals surface area contributed by atoms with E-state index in [-0.39, 0.29) is 24.8 Å². The maximum atomic E-state index is 5.95. The van der Waals surface area contributed by atoms with Crippen molar-refractivity contribution in [2.24, 2.45) is 11.8 Å². The Balaban J connectivity index is 0.00000171. The predicted octanol–water partition coefficient (Wildman–Crippen LogP) is 12.0. The van der Waals surface area contributed by atoms with Gasteiger partial charge in [0.15, 0.2) is 0 Å². The van der Waals surface area contributed by atoms with Gasteiger partial charge in [-0.1, -0.05) is 0 Å². The molecule has 0 aromatic heterocycles. The summed E-state index contributed by atoms with van der Waals surface area (Å²) in [6.45, 7) is 5.43. The summed E-state index contributed by atoms with van der Waals surface area (Å²) in [5, 5.41) is 5.93. The van der Waals surface area contributed by atoms with Crippen LogP contribution in [-0.4, -0.2) is 4.21 Å². The molecular formula is C41H48Cl2Zr. The van der Waals surface area contributed by atoms with Crippen molar-refractivity contribution < 1.29 is 18.3 Å². The molecule has 2 atom stereocenters. The quantitative estimate of drug-likeness (QED) is 0.155. The van der Waals surface area contributed by atoms with Crippen LogP contribution in [0.15, 0.2) is 88.2 Å². The van der Waals surface area contributed by atoms with Crippen LogP contribution in [0.1, 0.15) is 82.8 Å². The summed E-state index contributed by atoms with van der Waals surface area (Å²) < 4.78 is 10.8. The molecule has 2 unspecified atom stereocenters. The number of allylic oxidation sites excluding steroid dienone is 4. The third-order valence-corrected chi connectivity index (χ3v) is 34.6. The van der Waals surface area contributed by atoms with E-state index in [0.717, 1.165) is 24.7 Å². The standard InChI is InChI=1S/C21H13.2C7H13.C5H5.CH2.2ClH.Zr/c1-2-8-15-14(7-1)13-20-18-11-4-3-9-16(18)17-10-5-6-12-19(17)21(15)20;2*1-2-7-5-3-4-6-7;1-2-4-5-3-1;;;;/h1-10,12H,13H2;2*2,7H,3-6H2,1H3;1-3H,4H2;1H2;2*1H;. The predicted molar refractivity (Wildman–Crippen MR) is 196 cm³/mol. The van der Waals surface area contributed by atoms with Gasteiger partial charge in [-0.3, -0.25) is 0 Å². The summed E-state index contributed by atoms with van der Waals surface area (Å²) in [6.07, 6.45) is 20.8. The second-order valence-electron chi connectivity index (χ2n) is 14.6. The molecule has 0 bridgehead atoms. The molecule has 8 rings (SSSR count). The number of hydrogen-bond acceptors (Lipinski definition) is 0. The molecule has 4 aliphatic carbocycles. The van der Waals surface area contributed by atoms with Gasteiger partial charge in [-0.05, 0) is 0 Å². The minimum absolute atomic E-state index is 0. The summed E-state index contributed by atoms with van der Waals surface area (Å²) >= 11 is -4.31. The van der Waals surface area contributed by atoms with Crippen LogP contribution >= 0.6 is 24.8 Å². The van der Waals surface area contributed by atoms with Gasteiger partial charge in [0, 0.05) is 0 Å². The number of benzene rings is 4. The minimum atomic E-state index is -4.31. The van der Waals surface area contributed by atoms with Crippen LogP contribution < -0.4 is 3.27 Å². The molecule has 0 aliphatic heterocycles. The second kappa shape index (κ2) is 12.1. The van der Waals surface area contributed by atoms with Crippen molar-refractivity contribution in [2.75, 3.05) is 0 Å². The molecule has 4 aliphatic rings. The van der Waals surface area contributed by atoms with Gasteiger partial charge in [0.25, 0.3) is 0 Å². The van der Waals surface area contributed by atoms with Crippen molar-refractivity contribution in [1.82, 2.24) is 0 Å². The molecule has 0 saturated heterocycles. The number of fused-ring (bicyclic) bond motifs is 8. The van der Waals surface area contributed by atoms with E-state index < -0.39 is 18.3 Å². The van der Waals surface area contributed by atoms with Gasteiger partial charge in [0.2, 0.25) is 0 Å². The fraction of sp³-hybridized carbons (Fsp3) is 0.390. The van der Waals surface area contributed by atoms with E-state index >= 15 is 0 Å². The molecule has 4 aromatic rings. The summed E-state index contributed by atoms with van der Waals surface area (Å²) in [4.78, 5) is 0. The fourth-order valence-electron chi connectivity index (χ4n) is 11.0. The third-order valence-electron chi connectivity index (χ3n) is 13.3. The van der Waals surface area contributed by atoms with Gasteiger partial charge in [0.1, 0.15) is 0 Å². The van der Waals surface area contributed by atoms with E-state index in [4.69, 9.17) is 4.21 Å². The van der Waals surface area contributed by atoms with Gasteiger partial charge in [-0.2, -0.15) is 0 Å². The first kappa shape index (κ1) is 32.2. The second-order valence-corrected chi connectivity index (χ2v) is 30.0. The molecule has 0 heterocycles. The topological polar surface area (TPSA) is 0 Å². The van der Waals surface area contributed by atoms with Crippen LogP contribution in [0.5, 0.6) is 0 Å². The third kappa shape index (κ3) is 4.35. The zero-order valence-corrected chi connectivity index (χ0v) is 30.6. The van der Waals surface area contributed by atoms with Crippen molar-refractivity contribution in [3.8, 4) is 11.1 Å². The molecule has 0 radical (unpaired) electrons. The molecule has 230 valence electrons. The molecule has 0 N–H and O–H groups in total. The van der Waals surface area contributed by atoms with E-state index in [2.05, 4.69) is 98.8 Å². The fourth-order valence-corrected chi connectivity index (χ4v) is 32.1.